The first kappa shape index (κ1) is 25.4. The molecule has 0 aromatic rings. The molecule has 0 amide bonds. The summed E-state index contributed by atoms with van der Waals surface area (Å²) in [5.41, 5.74) is 1.13. The summed E-state index contributed by atoms with van der Waals surface area (Å²) in [6.07, 6.45) is 11.4. The van der Waals surface area contributed by atoms with Gasteiger partial charge in [-0.25, -0.2) is 0 Å². The maximum atomic E-state index is 12.8. The average molecular weight is 459 g/mol. The van der Waals surface area contributed by atoms with Crippen molar-refractivity contribution in [3.63, 3.8) is 0 Å². The molecule has 0 aliphatic heterocycles. The molecule has 33 heavy (non-hydrogen) atoms. The van der Waals surface area contributed by atoms with Gasteiger partial charge in [-0.1, -0.05) is 46.3 Å². The van der Waals surface area contributed by atoms with E-state index < -0.39 is 11.7 Å². The molecule has 4 rings (SSSR count). The Bertz CT molecular complexity index is 819. The molecule has 0 aromatic carbocycles. The summed E-state index contributed by atoms with van der Waals surface area (Å²) in [6.45, 7) is 17.9. The fourth-order valence-electron chi connectivity index (χ4n) is 9.83. The van der Waals surface area contributed by atoms with Crippen molar-refractivity contribution in [3.8, 4) is 0 Å². The van der Waals surface area contributed by atoms with Crippen molar-refractivity contribution in [2.45, 2.75) is 125 Å². The molecule has 4 fully saturated rings. The van der Waals surface area contributed by atoms with Gasteiger partial charge in [0.25, 0.3) is 0 Å². The molecule has 0 radical (unpaired) electrons. The van der Waals surface area contributed by atoms with Gasteiger partial charge in [0.2, 0.25) is 0 Å². The first-order valence-corrected chi connectivity index (χ1v) is 13.7. The number of hydrogen-bond donors (Lipinski definition) is 2. The highest BCUT2D eigenvalue weighted by Gasteiger charge is 2.68. The van der Waals surface area contributed by atoms with Gasteiger partial charge in [-0.15, -0.1) is 0 Å². The second-order valence-electron chi connectivity index (χ2n) is 14.3. The van der Waals surface area contributed by atoms with Gasteiger partial charge in [0.05, 0.1) is 11.7 Å². The number of rotatable bonds is 4. The van der Waals surface area contributed by atoms with Crippen molar-refractivity contribution in [1.82, 2.24) is 0 Å². The zero-order valence-electron chi connectivity index (χ0n) is 22.6. The standard InChI is InChI=1S/C30H50O3/c1-19(9-12-25(32)27(4,5)33)20-13-17-29(7)21(20)10-11-23-28(6)16-15-24(31)26(2,3)22(28)14-18-30(23,29)8/h9,20-23,25,32-33H,10-18H2,1-8H3/b19-9-/t20-,21-,22+,23-,25+,28+,29-,30-/m1/s1. The van der Waals surface area contributed by atoms with Gasteiger partial charge in [0.1, 0.15) is 5.78 Å². The maximum absolute atomic E-state index is 12.8. The summed E-state index contributed by atoms with van der Waals surface area (Å²) in [5, 5.41) is 20.5. The first-order chi connectivity index (χ1) is 15.1. The quantitative estimate of drug-likeness (QED) is 0.460. The van der Waals surface area contributed by atoms with E-state index in [1.54, 1.807) is 13.8 Å². The van der Waals surface area contributed by atoms with Crippen LogP contribution in [-0.2, 0) is 4.79 Å². The Balaban J connectivity index is 1.60. The van der Waals surface area contributed by atoms with Crippen LogP contribution in [-0.4, -0.2) is 27.7 Å². The number of Topliss-reactive ketones (excluding diaryl/α,β-unsaturated/α-hetero) is 1. The Morgan fingerprint density at radius 1 is 1.00 bits per heavy atom. The second-order valence-corrected chi connectivity index (χ2v) is 14.3. The lowest BCUT2D eigenvalue weighted by molar-refractivity contribution is -0.201. The summed E-state index contributed by atoms with van der Waals surface area (Å²) in [7, 11) is 0. The molecule has 0 bridgehead atoms. The fourth-order valence-corrected chi connectivity index (χ4v) is 9.83. The van der Waals surface area contributed by atoms with Crippen LogP contribution in [0, 0.1) is 45.3 Å². The molecule has 4 aliphatic rings. The lowest BCUT2D eigenvalue weighted by Crippen LogP contribution is -2.63. The van der Waals surface area contributed by atoms with Crippen molar-refractivity contribution in [1.29, 1.82) is 0 Å². The van der Waals surface area contributed by atoms with E-state index in [1.807, 2.05) is 0 Å². The molecule has 2 N–H and O–H groups in total. The number of aliphatic hydroxyl groups is 2. The number of hydrogen-bond acceptors (Lipinski definition) is 3. The van der Waals surface area contributed by atoms with E-state index in [9.17, 15) is 15.0 Å². The molecular weight excluding hydrogens is 408 g/mol. The van der Waals surface area contributed by atoms with E-state index in [1.165, 1.54) is 44.1 Å². The zero-order chi connectivity index (χ0) is 24.6. The van der Waals surface area contributed by atoms with Crippen LogP contribution in [0.5, 0.6) is 0 Å². The van der Waals surface area contributed by atoms with E-state index in [0.717, 1.165) is 12.8 Å². The lowest BCUT2D eigenvalue weighted by Gasteiger charge is -2.69. The van der Waals surface area contributed by atoms with Crippen molar-refractivity contribution >= 4 is 5.78 Å². The molecule has 0 unspecified atom stereocenters. The largest absolute Gasteiger partial charge is 0.390 e. The number of ketones is 1. The molecule has 0 aromatic heterocycles. The highest BCUT2D eigenvalue weighted by molar-refractivity contribution is 5.85. The fraction of sp³-hybridized carbons (Fsp3) is 0.900. The van der Waals surface area contributed by atoms with Gasteiger partial charge in [0.15, 0.2) is 0 Å². The molecule has 188 valence electrons. The summed E-state index contributed by atoms with van der Waals surface area (Å²) in [5.74, 6) is 3.01. The minimum atomic E-state index is -1.06. The van der Waals surface area contributed by atoms with Crippen LogP contribution in [0.15, 0.2) is 11.6 Å². The molecule has 4 saturated carbocycles. The molecule has 0 saturated heterocycles. The van der Waals surface area contributed by atoms with E-state index in [4.69, 9.17) is 0 Å². The predicted octanol–water partition coefficient (Wildman–Crippen LogP) is 6.71. The Labute approximate surface area is 202 Å². The van der Waals surface area contributed by atoms with E-state index >= 15 is 0 Å². The number of carbonyl (C=O) groups is 1. The monoisotopic (exact) mass is 458 g/mol. The van der Waals surface area contributed by atoms with Crippen molar-refractivity contribution in [2.75, 3.05) is 0 Å². The van der Waals surface area contributed by atoms with E-state index in [2.05, 4.69) is 47.6 Å². The topological polar surface area (TPSA) is 57.5 Å². The molecule has 3 nitrogen and oxygen atoms in total. The van der Waals surface area contributed by atoms with Crippen LogP contribution in [0.4, 0.5) is 0 Å². The highest BCUT2D eigenvalue weighted by atomic mass is 16.3. The summed E-state index contributed by atoms with van der Waals surface area (Å²) in [6, 6.07) is 0. The first-order valence-electron chi connectivity index (χ1n) is 13.7. The Kier molecular flexibility index (Phi) is 6.10. The van der Waals surface area contributed by atoms with Crippen LogP contribution in [0.3, 0.4) is 0 Å². The Hall–Kier alpha value is -0.670. The lowest BCUT2D eigenvalue weighted by atomic mass is 9.35. The third kappa shape index (κ3) is 3.62. The third-order valence-electron chi connectivity index (χ3n) is 12.2. The van der Waals surface area contributed by atoms with Gasteiger partial charge in [0, 0.05) is 11.8 Å². The number of fused-ring (bicyclic) bond motifs is 5. The molecule has 0 spiro atoms. The maximum Gasteiger partial charge on any atom is 0.138 e. The summed E-state index contributed by atoms with van der Waals surface area (Å²) >= 11 is 0. The average Bonchev–Trinajstić information content (AvgIpc) is 3.07. The van der Waals surface area contributed by atoms with E-state index in [-0.39, 0.29) is 10.8 Å². The van der Waals surface area contributed by atoms with Gasteiger partial charge in [-0.05, 0) is 112 Å². The molecular formula is C30H50O3. The Morgan fingerprint density at radius 3 is 2.27 bits per heavy atom. The highest BCUT2D eigenvalue weighted by Crippen LogP contribution is 2.75. The molecule has 8 atom stereocenters. The predicted molar refractivity (Wildman–Crippen MR) is 135 cm³/mol. The van der Waals surface area contributed by atoms with Gasteiger partial charge in [-0.2, -0.15) is 0 Å². The normalized spacial score (nSPS) is 46.4. The Morgan fingerprint density at radius 2 is 1.64 bits per heavy atom. The molecule has 3 heteroatoms. The number of carbonyl (C=O) groups excluding carboxylic acids is 1. The van der Waals surface area contributed by atoms with Crippen molar-refractivity contribution < 1.29 is 15.0 Å². The van der Waals surface area contributed by atoms with Gasteiger partial charge < -0.3 is 10.2 Å². The molecule has 0 heterocycles. The SMILES string of the molecule is C/C(=C/C[C@H](O)C(C)(C)O)[C@H]1CC[C@]2(C)[C@@H]1CC[C@@H]1[C@@]3(C)CCC(=O)C(C)(C)[C@@H]3CC[C@]12C. The summed E-state index contributed by atoms with van der Waals surface area (Å²) < 4.78 is 0. The number of allylic oxidation sites excluding steroid dienone is 1. The van der Waals surface area contributed by atoms with Crippen molar-refractivity contribution in [3.05, 3.63) is 11.6 Å². The van der Waals surface area contributed by atoms with Crippen LogP contribution < -0.4 is 0 Å². The third-order valence-corrected chi connectivity index (χ3v) is 12.2. The zero-order valence-corrected chi connectivity index (χ0v) is 22.6. The number of aliphatic hydroxyl groups excluding tert-OH is 1. The van der Waals surface area contributed by atoms with Gasteiger partial charge >= 0.3 is 0 Å². The second kappa shape index (κ2) is 7.92. The minimum Gasteiger partial charge on any atom is -0.390 e. The smallest absolute Gasteiger partial charge is 0.138 e. The van der Waals surface area contributed by atoms with Gasteiger partial charge in [-0.3, -0.25) is 4.79 Å². The van der Waals surface area contributed by atoms with Crippen LogP contribution in [0.1, 0.15) is 113 Å². The minimum absolute atomic E-state index is 0.176. The van der Waals surface area contributed by atoms with Crippen LogP contribution in [0.2, 0.25) is 0 Å². The molecule has 4 aliphatic carbocycles. The van der Waals surface area contributed by atoms with Crippen LogP contribution >= 0.6 is 0 Å². The summed E-state index contributed by atoms with van der Waals surface area (Å²) in [4.78, 5) is 12.8. The van der Waals surface area contributed by atoms with Crippen molar-refractivity contribution in [2.24, 2.45) is 45.3 Å². The van der Waals surface area contributed by atoms with Crippen LogP contribution in [0.25, 0.3) is 0 Å². The van der Waals surface area contributed by atoms with E-state index in [0.29, 0.717) is 46.7 Å².